The van der Waals surface area contributed by atoms with Gasteiger partial charge in [0, 0.05) is 29.9 Å². The molecular formula is C25H24N2O3. The average Bonchev–Trinajstić information content (AvgIpc) is 3.21. The summed E-state index contributed by atoms with van der Waals surface area (Å²) in [6.07, 6.45) is 0.840. The largest absolute Gasteiger partial charge is 0.494 e. The molecule has 1 N–H and O–H groups in total. The van der Waals surface area contributed by atoms with Gasteiger partial charge < -0.3 is 15.0 Å². The Balaban J connectivity index is 1.44. The molecule has 4 rings (SSSR count). The maximum Gasteiger partial charge on any atom is 0.258 e. The molecule has 0 unspecified atom stereocenters. The highest BCUT2D eigenvalue weighted by atomic mass is 16.5. The van der Waals surface area contributed by atoms with Crippen molar-refractivity contribution in [1.82, 2.24) is 5.32 Å². The van der Waals surface area contributed by atoms with Crippen LogP contribution in [0.2, 0.25) is 0 Å². The van der Waals surface area contributed by atoms with Crippen LogP contribution in [0, 0.1) is 0 Å². The smallest absolute Gasteiger partial charge is 0.258 e. The molecule has 0 aliphatic carbocycles. The van der Waals surface area contributed by atoms with E-state index in [2.05, 4.69) is 5.32 Å². The van der Waals surface area contributed by atoms with Gasteiger partial charge in [0.05, 0.1) is 6.61 Å². The fraction of sp³-hybridized carbons (Fsp3) is 0.200. The Bertz CT molecular complexity index is 1050. The van der Waals surface area contributed by atoms with E-state index in [0.29, 0.717) is 30.8 Å². The van der Waals surface area contributed by atoms with Crippen LogP contribution in [-0.4, -0.2) is 25.0 Å². The molecule has 1 heterocycles. The van der Waals surface area contributed by atoms with E-state index >= 15 is 0 Å². The first kappa shape index (κ1) is 19.7. The second kappa shape index (κ2) is 8.82. The molecular weight excluding hydrogens is 376 g/mol. The van der Waals surface area contributed by atoms with Gasteiger partial charge in [-0.05, 0) is 66.9 Å². The fourth-order valence-corrected chi connectivity index (χ4v) is 3.64. The standard InChI is InChI=1S/C25H24N2O3/c1-2-30-22-12-10-20(11-13-22)24(28)26-17-18-8-9-19-14-15-27(23(19)16-18)25(29)21-6-4-3-5-7-21/h3-13,16H,2,14-15,17H2,1H3,(H,26,28). The molecule has 0 bridgehead atoms. The molecule has 3 aromatic rings. The van der Waals surface area contributed by atoms with E-state index in [1.54, 1.807) is 24.3 Å². The van der Waals surface area contributed by atoms with Crippen LogP contribution in [0.25, 0.3) is 0 Å². The Kier molecular flexibility index (Phi) is 5.80. The third-order valence-corrected chi connectivity index (χ3v) is 5.19. The number of hydrogen-bond donors (Lipinski definition) is 1. The third-order valence-electron chi connectivity index (χ3n) is 5.19. The van der Waals surface area contributed by atoms with Gasteiger partial charge in [0.15, 0.2) is 0 Å². The lowest BCUT2D eigenvalue weighted by Crippen LogP contribution is -2.29. The number of nitrogens with one attached hydrogen (secondary N) is 1. The minimum atomic E-state index is -0.143. The van der Waals surface area contributed by atoms with Crippen LogP contribution in [0.5, 0.6) is 5.75 Å². The predicted octanol–water partition coefficient (Wildman–Crippen LogP) is 4.22. The summed E-state index contributed by atoms with van der Waals surface area (Å²) in [5.41, 5.74) is 4.30. The van der Waals surface area contributed by atoms with Crippen LogP contribution in [0.4, 0.5) is 5.69 Å². The Hall–Kier alpha value is -3.60. The normalized spacial score (nSPS) is 12.4. The summed E-state index contributed by atoms with van der Waals surface area (Å²) in [6.45, 7) is 3.58. The van der Waals surface area contributed by atoms with Crippen LogP contribution < -0.4 is 15.0 Å². The van der Waals surface area contributed by atoms with Crippen molar-refractivity contribution in [2.24, 2.45) is 0 Å². The van der Waals surface area contributed by atoms with Gasteiger partial charge in [0.25, 0.3) is 11.8 Å². The maximum atomic E-state index is 12.9. The van der Waals surface area contributed by atoms with Gasteiger partial charge >= 0.3 is 0 Å². The molecule has 2 amide bonds. The van der Waals surface area contributed by atoms with E-state index in [1.165, 1.54) is 0 Å². The number of benzene rings is 3. The number of fused-ring (bicyclic) bond motifs is 1. The van der Waals surface area contributed by atoms with E-state index in [9.17, 15) is 9.59 Å². The lowest BCUT2D eigenvalue weighted by molar-refractivity contribution is 0.0949. The molecule has 3 aromatic carbocycles. The van der Waals surface area contributed by atoms with Crippen molar-refractivity contribution < 1.29 is 14.3 Å². The van der Waals surface area contributed by atoms with Crippen LogP contribution >= 0.6 is 0 Å². The highest BCUT2D eigenvalue weighted by Crippen LogP contribution is 2.30. The molecule has 0 fully saturated rings. The average molecular weight is 400 g/mol. The minimum absolute atomic E-state index is 0.00456. The first-order valence-corrected chi connectivity index (χ1v) is 10.2. The number of nitrogens with zero attached hydrogens (tertiary/aromatic N) is 1. The molecule has 0 aromatic heterocycles. The zero-order valence-electron chi connectivity index (χ0n) is 16.9. The first-order chi connectivity index (χ1) is 14.7. The summed E-state index contributed by atoms with van der Waals surface area (Å²) >= 11 is 0. The van der Waals surface area contributed by atoms with E-state index in [4.69, 9.17) is 4.74 Å². The van der Waals surface area contributed by atoms with Gasteiger partial charge in [-0.2, -0.15) is 0 Å². The van der Waals surface area contributed by atoms with Crippen molar-refractivity contribution >= 4 is 17.5 Å². The highest BCUT2D eigenvalue weighted by molar-refractivity contribution is 6.07. The lowest BCUT2D eigenvalue weighted by Gasteiger charge is -2.18. The molecule has 0 radical (unpaired) electrons. The first-order valence-electron chi connectivity index (χ1n) is 10.2. The number of ether oxygens (including phenoxy) is 1. The SMILES string of the molecule is CCOc1ccc(C(=O)NCc2ccc3c(c2)N(C(=O)c2ccccc2)CC3)cc1. The quantitative estimate of drug-likeness (QED) is 0.674. The molecule has 1 aliphatic rings. The van der Waals surface area contributed by atoms with Gasteiger partial charge in [-0.15, -0.1) is 0 Å². The number of rotatable bonds is 6. The molecule has 1 aliphatic heterocycles. The van der Waals surface area contributed by atoms with Gasteiger partial charge in [-0.3, -0.25) is 9.59 Å². The van der Waals surface area contributed by atoms with Crippen molar-refractivity contribution in [3.8, 4) is 5.75 Å². The summed E-state index contributed by atoms with van der Waals surface area (Å²) in [5.74, 6) is 0.608. The van der Waals surface area contributed by atoms with E-state index < -0.39 is 0 Å². The Morgan fingerprint density at radius 1 is 0.967 bits per heavy atom. The molecule has 0 saturated heterocycles. The molecule has 0 spiro atoms. The van der Waals surface area contributed by atoms with Gasteiger partial charge in [0.2, 0.25) is 0 Å². The minimum Gasteiger partial charge on any atom is -0.494 e. The van der Waals surface area contributed by atoms with Gasteiger partial charge in [-0.25, -0.2) is 0 Å². The Morgan fingerprint density at radius 2 is 1.73 bits per heavy atom. The zero-order chi connectivity index (χ0) is 20.9. The van der Waals surface area contributed by atoms with Crippen LogP contribution in [0.3, 0.4) is 0 Å². The lowest BCUT2D eigenvalue weighted by atomic mass is 10.1. The molecule has 5 heteroatoms. The maximum absolute atomic E-state index is 12.9. The second-order valence-electron chi connectivity index (χ2n) is 7.18. The predicted molar refractivity (Wildman–Crippen MR) is 117 cm³/mol. The number of carbonyl (C=O) groups is 2. The molecule has 5 nitrogen and oxygen atoms in total. The Morgan fingerprint density at radius 3 is 2.47 bits per heavy atom. The van der Waals surface area contributed by atoms with Crippen molar-refractivity contribution in [2.75, 3.05) is 18.1 Å². The van der Waals surface area contributed by atoms with Gasteiger partial charge in [-0.1, -0.05) is 30.3 Å². The summed E-state index contributed by atoms with van der Waals surface area (Å²) in [4.78, 5) is 27.2. The van der Waals surface area contributed by atoms with Crippen molar-refractivity contribution in [2.45, 2.75) is 19.9 Å². The van der Waals surface area contributed by atoms with Crippen LogP contribution in [-0.2, 0) is 13.0 Å². The molecule has 152 valence electrons. The number of amides is 2. The second-order valence-corrected chi connectivity index (χ2v) is 7.18. The number of hydrogen-bond acceptors (Lipinski definition) is 3. The van der Waals surface area contributed by atoms with Crippen LogP contribution in [0.15, 0.2) is 72.8 Å². The highest BCUT2D eigenvalue weighted by Gasteiger charge is 2.25. The molecule has 30 heavy (non-hydrogen) atoms. The summed E-state index contributed by atoms with van der Waals surface area (Å²) in [7, 11) is 0. The third kappa shape index (κ3) is 4.20. The van der Waals surface area contributed by atoms with Crippen molar-refractivity contribution in [3.63, 3.8) is 0 Å². The summed E-state index contributed by atoms with van der Waals surface area (Å²) < 4.78 is 5.41. The van der Waals surface area contributed by atoms with Crippen molar-refractivity contribution in [1.29, 1.82) is 0 Å². The fourth-order valence-electron chi connectivity index (χ4n) is 3.64. The summed E-state index contributed by atoms with van der Waals surface area (Å²) in [6, 6.07) is 22.5. The zero-order valence-corrected chi connectivity index (χ0v) is 16.9. The Labute approximate surface area is 176 Å². The summed E-state index contributed by atoms with van der Waals surface area (Å²) in [5, 5.41) is 2.95. The molecule has 0 atom stereocenters. The number of carbonyl (C=O) groups excluding carboxylic acids is 2. The number of anilines is 1. The van der Waals surface area contributed by atoms with Crippen molar-refractivity contribution in [3.05, 3.63) is 95.1 Å². The van der Waals surface area contributed by atoms with Crippen LogP contribution in [0.1, 0.15) is 38.8 Å². The van der Waals surface area contributed by atoms with Gasteiger partial charge in [0.1, 0.15) is 5.75 Å². The topological polar surface area (TPSA) is 58.6 Å². The molecule has 0 saturated carbocycles. The van der Waals surface area contributed by atoms with E-state index in [-0.39, 0.29) is 11.8 Å². The monoisotopic (exact) mass is 400 g/mol. The van der Waals surface area contributed by atoms with E-state index in [1.807, 2.05) is 60.4 Å². The van der Waals surface area contributed by atoms with E-state index in [0.717, 1.165) is 29.0 Å².